The number of carbonyl (C=O) groups excluding carboxylic acids is 1. The van der Waals surface area contributed by atoms with E-state index >= 15 is 0 Å². The Hall–Kier alpha value is -3.25. The van der Waals surface area contributed by atoms with E-state index in [-0.39, 0.29) is 6.09 Å². The maximum absolute atomic E-state index is 12.6. The number of ether oxygens (including phenoxy) is 3. The van der Waals surface area contributed by atoms with E-state index in [9.17, 15) is 4.79 Å². The number of methoxy groups -OCH3 is 1. The second kappa shape index (κ2) is 8.94. The van der Waals surface area contributed by atoms with Gasteiger partial charge in [-0.15, -0.1) is 0 Å². The van der Waals surface area contributed by atoms with Crippen molar-refractivity contribution in [2.45, 2.75) is 31.9 Å². The van der Waals surface area contributed by atoms with Gasteiger partial charge in [-0.1, -0.05) is 30.3 Å². The van der Waals surface area contributed by atoms with Crippen molar-refractivity contribution in [3.63, 3.8) is 0 Å². The Bertz CT molecular complexity index is 1140. The van der Waals surface area contributed by atoms with Gasteiger partial charge in [-0.25, -0.2) is 4.79 Å². The van der Waals surface area contributed by atoms with Gasteiger partial charge in [0.25, 0.3) is 0 Å². The Morgan fingerprint density at radius 2 is 1.76 bits per heavy atom. The number of likely N-dealkylation sites (tertiary alicyclic amines) is 1. The Morgan fingerprint density at radius 1 is 0.970 bits per heavy atom. The molecular weight excluding hydrogens is 416 g/mol. The van der Waals surface area contributed by atoms with E-state index in [1.165, 1.54) is 5.56 Å². The molecule has 0 bridgehead atoms. The number of anilines is 1. The molecular formula is C27H30N2O4. The van der Waals surface area contributed by atoms with E-state index in [2.05, 4.69) is 23.1 Å². The summed E-state index contributed by atoms with van der Waals surface area (Å²) >= 11 is 0. The van der Waals surface area contributed by atoms with E-state index < -0.39 is 5.60 Å². The van der Waals surface area contributed by atoms with Crippen LogP contribution in [0.5, 0.6) is 11.5 Å². The number of rotatable bonds is 6. The van der Waals surface area contributed by atoms with Crippen molar-refractivity contribution in [3.8, 4) is 11.5 Å². The zero-order valence-electron chi connectivity index (χ0n) is 19.3. The van der Waals surface area contributed by atoms with E-state index in [1.807, 2.05) is 49.4 Å². The fourth-order valence-electron chi connectivity index (χ4n) is 4.99. The third-order valence-corrected chi connectivity index (χ3v) is 6.71. The summed E-state index contributed by atoms with van der Waals surface area (Å²) < 4.78 is 17.5. The monoisotopic (exact) mass is 446 g/mol. The molecule has 33 heavy (non-hydrogen) atoms. The fraction of sp³-hybridized carbons (Fsp3) is 0.370. The lowest BCUT2D eigenvalue weighted by molar-refractivity contribution is -0.000979. The predicted molar refractivity (Wildman–Crippen MR) is 129 cm³/mol. The zero-order chi connectivity index (χ0) is 22.8. The molecule has 6 nitrogen and oxygen atoms in total. The topological polar surface area (TPSA) is 51.2 Å². The highest BCUT2D eigenvalue weighted by atomic mass is 16.6. The highest BCUT2D eigenvalue weighted by Crippen LogP contribution is 2.37. The summed E-state index contributed by atoms with van der Waals surface area (Å²) in [5.41, 5.74) is 1.70. The van der Waals surface area contributed by atoms with Gasteiger partial charge in [0, 0.05) is 48.9 Å². The molecule has 0 radical (unpaired) electrons. The molecule has 1 spiro atoms. The number of fused-ring (bicyclic) bond motifs is 1. The maximum Gasteiger partial charge on any atom is 0.415 e. The normalized spacial score (nSPS) is 18.0. The number of carbonyl (C=O) groups is 1. The summed E-state index contributed by atoms with van der Waals surface area (Å²) in [4.78, 5) is 16.8. The van der Waals surface area contributed by atoms with Gasteiger partial charge in [-0.2, -0.15) is 0 Å². The van der Waals surface area contributed by atoms with Gasteiger partial charge in [0.2, 0.25) is 0 Å². The second-order valence-corrected chi connectivity index (χ2v) is 8.83. The lowest BCUT2D eigenvalue weighted by atomic mass is 9.91. The first-order chi connectivity index (χ1) is 16.1. The summed E-state index contributed by atoms with van der Waals surface area (Å²) in [6.45, 7) is 5.81. The SMILES string of the molecule is CCOc1cc(CN2CCC3(CC2)CN(c2ccccc2)C(=O)O3)cc2c(OC)cccc12. The third-order valence-electron chi connectivity index (χ3n) is 6.71. The van der Waals surface area contributed by atoms with Crippen LogP contribution in [-0.4, -0.2) is 49.9 Å². The van der Waals surface area contributed by atoms with Crippen LogP contribution in [0.4, 0.5) is 10.5 Å². The van der Waals surface area contributed by atoms with Crippen LogP contribution in [-0.2, 0) is 11.3 Å². The van der Waals surface area contributed by atoms with Crippen LogP contribution in [0.15, 0.2) is 60.7 Å². The standard InChI is InChI=1S/C27H30N2O4/c1-3-32-25-17-20(16-23-22(25)10-7-11-24(23)31-2)18-28-14-12-27(13-15-28)19-29(26(30)33-27)21-8-5-4-6-9-21/h4-11,16-17H,3,12-15,18-19H2,1-2H3. The van der Waals surface area contributed by atoms with Crippen LogP contribution in [0.3, 0.4) is 0 Å². The van der Waals surface area contributed by atoms with E-state index in [4.69, 9.17) is 14.2 Å². The van der Waals surface area contributed by atoms with Crippen molar-refractivity contribution in [2.75, 3.05) is 38.3 Å². The number of amides is 1. The van der Waals surface area contributed by atoms with Gasteiger partial charge in [-0.05, 0) is 42.8 Å². The van der Waals surface area contributed by atoms with Crippen LogP contribution in [0, 0.1) is 0 Å². The number of hydrogen-bond acceptors (Lipinski definition) is 5. The summed E-state index contributed by atoms with van der Waals surface area (Å²) in [5.74, 6) is 1.74. The molecule has 172 valence electrons. The van der Waals surface area contributed by atoms with Crippen molar-refractivity contribution in [2.24, 2.45) is 0 Å². The molecule has 0 N–H and O–H groups in total. The van der Waals surface area contributed by atoms with Gasteiger partial charge in [0.15, 0.2) is 0 Å². The first kappa shape index (κ1) is 21.6. The average molecular weight is 447 g/mol. The van der Waals surface area contributed by atoms with Gasteiger partial charge >= 0.3 is 6.09 Å². The molecule has 0 aromatic heterocycles. The number of piperidine rings is 1. The lowest BCUT2D eigenvalue weighted by Crippen LogP contribution is -2.46. The molecule has 2 saturated heterocycles. The quantitative estimate of drug-likeness (QED) is 0.518. The molecule has 3 aromatic carbocycles. The van der Waals surface area contributed by atoms with E-state index in [1.54, 1.807) is 12.0 Å². The van der Waals surface area contributed by atoms with Crippen LogP contribution in [0.25, 0.3) is 10.8 Å². The van der Waals surface area contributed by atoms with Crippen LogP contribution >= 0.6 is 0 Å². The minimum atomic E-state index is -0.396. The van der Waals surface area contributed by atoms with Crippen molar-refractivity contribution >= 4 is 22.6 Å². The van der Waals surface area contributed by atoms with Crippen molar-refractivity contribution < 1.29 is 19.0 Å². The minimum absolute atomic E-state index is 0.238. The smallest absolute Gasteiger partial charge is 0.415 e. The molecule has 0 aliphatic carbocycles. The number of nitrogens with zero attached hydrogens (tertiary/aromatic N) is 2. The Balaban J connectivity index is 1.30. The Kier molecular flexibility index (Phi) is 5.85. The molecule has 6 heteroatoms. The molecule has 0 atom stereocenters. The van der Waals surface area contributed by atoms with Crippen molar-refractivity contribution in [1.82, 2.24) is 4.90 Å². The molecule has 0 saturated carbocycles. The molecule has 2 aliphatic heterocycles. The van der Waals surface area contributed by atoms with Crippen molar-refractivity contribution in [3.05, 3.63) is 66.2 Å². The highest BCUT2D eigenvalue weighted by molar-refractivity contribution is 5.94. The first-order valence-electron chi connectivity index (χ1n) is 11.6. The summed E-state index contributed by atoms with van der Waals surface area (Å²) in [7, 11) is 1.70. The van der Waals surface area contributed by atoms with Gasteiger partial charge in [-0.3, -0.25) is 9.80 Å². The van der Waals surface area contributed by atoms with E-state index in [0.717, 1.165) is 60.4 Å². The van der Waals surface area contributed by atoms with Crippen LogP contribution < -0.4 is 14.4 Å². The van der Waals surface area contributed by atoms with Gasteiger partial charge < -0.3 is 14.2 Å². The molecule has 5 rings (SSSR count). The lowest BCUT2D eigenvalue weighted by Gasteiger charge is -2.37. The second-order valence-electron chi connectivity index (χ2n) is 8.83. The average Bonchev–Trinajstić information content (AvgIpc) is 3.17. The van der Waals surface area contributed by atoms with E-state index in [0.29, 0.717) is 13.2 Å². The first-order valence-corrected chi connectivity index (χ1v) is 11.6. The van der Waals surface area contributed by atoms with Gasteiger partial charge in [0.05, 0.1) is 20.3 Å². The third kappa shape index (κ3) is 4.23. The molecule has 1 amide bonds. The molecule has 0 unspecified atom stereocenters. The molecule has 3 aromatic rings. The largest absolute Gasteiger partial charge is 0.496 e. The van der Waals surface area contributed by atoms with Crippen LogP contribution in [0.2, 0.25) is 0 Å². The summed E-state index contributed by atoms with van der Waals surface area (Å²) in [6.07, 6.45) is 1.42. The van der Waals surface area contributed by atoms with Gasteiger partial charge in [0.1, 0.15) is 17.1 Å². The molecule has 2 fully saturated rings. The Morgan fingerprint density at radius 3 is 2.48 bits per heavy atom. The molecule has 2 heterocycles. The number of para-hydroxylation sites is 1. The zero-order valence-corrected chi connectivity index (χ0v) is 19.3. The highest BCUT2D eigenvalue weighted by Gasteiger charge is 2.47. The summed E-state index contributed by atoms with van der Waals surface area (Å²) in [5, 5.41) is 2.13. The minimum Gasteiger partial charge on any atom is -0.496 e. The number of hydrogen-bond donors (Lipinski definition) is 0. The Labute approximate surface area is 194 Å². The fourth-order valence-corrected chi connectivity index (χ4v) is 4.99. The van der Waals surface area contributed by atoms with Crippen molar-refractivity contribution in [1.29, 1.82) is 0 Å². The predicted octanol–water partition coefficient (Wildman–Crippen LogP) is 5.24. The maximum atomic E-state index is 12.6. The van der Waals surface area contributed by atoms with Crippen LogP contribution in [0.1, 0.15) is 25.3 Å². The summed E-state index contributed by atoms with van der Waals surface area (Å²) in [6, 6.07) is 20.2. The number of benzene rings is 3. The molecule has 2 aliphatic rings.